The van der Waals surface area contributed by atoms with Crippen molar-refractivity contribution in [3.05, 3.63) is 58.9 Å². The molecule has 0 aliphatic heterocycles. The van der Waals surface area contributed by atoms with Crippen molar-refractivity contribution in [3.63, 3.8) is 0 Å². The number of halogens is 4. The van der Waals surface area contributed by atoms with Gasteiger partial charge in [0.2, 0.25) is 0 Å². The highest BCUT2D eigenvalue weighted by atomic mass is 35.5. The minimum absolute atomic E-state index is 0.00157. The van der Waals surface area contributed by atoms with Gasteiger partial charge in [0.05, 0.1) is 10.7 Å². The Bertz CT molecular complexity index is 765. The average Bonchev–Trinajstić information content (AvgIpc) is 2.38. The van der Waals surface area contributed by atoms with E-state index in [1.807, 2.05) is 4.72 Å². The van der Waals surface area contributed by atoms with Crippen LogP contribution in [-0.4, -0.2) is 8.42 Å². The molecule has 0 saturated heterocycles. The summed E-state index contributed by atoms with van der Waals surface area (Å²) in [4.78, 5) is -1.00. The number of benzene rings is 2. The lowest BCUT2D eigenvalue weighted by Crippen LogP contribution is -2.16. The number of hydrogen-bond donors (Lipinski definition) is 1. The van der Waals surface area contributed by atoms with E-state index in [1.54, 1.807) is 6.07 Å². The van der Waals surface area contributed by atoms with Crippen molar-refractivity contribution in [1.29, 1.82) is 0 Å². The van der Waals surface area contributed by atoms with Crippen LogP contribution in [0.15, 0.2) is 41.3 Å². The van der Waals surface area contributed by atoms with Crippen molar-refractivity contribution in [2.75, 3.05) is 4.72 Å². The Morgan fingerprint density at radius 2 is 1.60 bits per heavy atom. The maximum absolute atomic E-state index is 13.5. The van der Waals surface area contributed by atoms with E-state index in [-0.39, 0.29) is 10.7 Å². The largest absolute Gasteiger partial charge is 0.278 e. The quantitative estimate of drug-likeness (QED) is 0.879. The Morgan fingerprint density at radius 1 is 0.950 bits per heavy atom. The second kappa shape index (κ2) is 5.34. The molecule has 0 aromatic heterocycles. The van der Waals surface area contributed by atoms with Crippen molar-refractivity contribution in [3.8, 4) is 0 Å². The Kier molecular flexibility index (Phi) is 3.92. The number of para-hydroxylation sites is 1. The van der Waals surface area contributed by atoms with Gasteiger partial charge in [-0.25, -0.2) is 21.6 Å². The third-order valence-corrected chi connectivity index (χ3v) is 4.12. The van der Waals surface area contributed by atoms with Crippen LogP contribution >= 0.6 is 11.6 Å². The van der Waals surface area contributed by atoms with Gasteiger partial charge in [-0.15, -0.1) is 0 Å². The van der Waals surface area contributed by atoms with Crippen molar-refractivity contribution >= 4 is 27.3 Å². The van der Waals surface area contributed by atoms with E-state index in [4.69, 9.17) is 11.6 Å². The highest BCUT2D eigenvalue weighted by Gasteiger charge is 2.24. The van der Waals surface area contributed by atoms with Gasteiger partial charge in [0.25, 0.3) is 10.0 Å². The summed E-state index contributed by atoms with van der Waals surface area (Å²) in [5, 5.41) is 0.0825. The molecule has 106 valence electrons. The molecule has 0 fully saturated rings. The van der Waals surface area contributed by atoms with Gasteiger partial charge in [0.15, 0.2) is 17.5 Å². The zero-order chi connectivity index (χ0) is 14.9. The summed E-state index contributed by atoms with van der Waals surface area (Å²) in [6.07, 6.45) is 0. The Labute approximate surface area is 118 Å². The van der Waals surface area contributed by atoms with Crippen LogP contribution in [0.25, 0.3) is 0 Å². The number of hydrogen-bond acceptors (Lipinski definition) is 2. The summed E-state index contributed by atoms with van der Waals surface area (Å²) in [6.45, 7) is 0. The first-order chi connectivity index (χ1) is 9.33. The molecule has 0 spiro atoms. The van der Waals surface area contributed by atoms with Gasteiger partial charge in [-0.1, -0.05) is 23.7 Å². The predicted octanol–water partition coefficient (Wildman–Crippen LogP) is 3.56. The van der Waals surface area contributed by atoms with E-state index in [1.165, 1.54) is 18.2 Å². The molecule has 1 N–H and O–H groups in total. The lowest BCUT2D eigenvalue weighted by Gasteiger charge is -2.10. The molecule has 0 atom stereocenters. The van der Waals surface area contributed by atoms with Gasteiger partial charge in [0, 0.05) is 0 Å². The molecule has 0 amide bonds. The smallest absolute Gasteiger partial charge is 0.264 e. The first-order valence-corrected chi connectivity index (χ1v) is 7.10. The van der Waals surface area contributed by atoms with Crippen LogP contribution in [0, 0.1) is 17.5 Å². The van der Waals surface area contributed by atoms with Crippen LogP contribution < -0.4 is 4.72 Å². The second-order valence-corrected chi connectivity index (χ2v) is 5.82. The molecule has 0 unspecified atom stereocenters. The number of sulfonamides is 1. The van der Waals surface area contributed by atoms with E-state index < -0.39 is 32.4 Å². The Balaban J connectivity index is 2.47. The fraction of sp³-hybridized carbons (Fsp3) is 0. The number of anilines is 1. The normalized spacial score (nSPS) is 11.4. The van der Waals surface area contributed by atoms with E-state index >= 15 is 0 Å². The molecule has 0 heterocycles. The highest BCUT2D eigenvalue weighted by molar-refractivity contribution is 7.92. The van der Waals surface area contributed by atoms with Crippen molar-refractivity contribution in [2.45, 2.75) is 4.90 Å². The second-order valence-electron chi connectivity index (χ2n) is 3.76. The van der Waals surface area contributed by atoms with Crippen LogP contribution in [0.3, 0.4) is 0 Å². The van der Waals surface area contributed by atoms with Crippen LogP contribution in [-0.2, 0) is 10.0 Å². The fourth-order valence-corrected chi connectivity index (χ4v) is 2.85. The molecule has 2 aromatic carbocycles. The van der Waals surface area contributed by atoms with E-state index in [2.05, 4.69) is 0 Å². The number of nitrogens with one attached hydrogen (secondary N) is 1. The monoisotopic (exact) mass is 321 g/mol. The molecule has 20 heavy (non-hydrogen) atoms. The standard InChI is InChI=1S/C12H7ClF3NO2S/c13-7-3-1-2-4-9(7)17-20(18,19)10-6-5-8(14)11(15)12(10)16/h1-6,17H. The van der Waals surface area contributed by atoms with Crippen LogP contribution in [0.5, 0.6) is 0 Å². The first-order valence-electron chi connectivity index (χ1n) is 5.24. The lowest BCUT2D eigenvalue weighted by molar-refractivity contribution is 0.432. The summed E-state index contributed by atoms with van der Waals surface area (Å²) in [7, 11) is -4.42. The van der Waals surface area contributed by atoms with Gasteiger partial charge < -0.3 is 0 Å². The maximum atomic E-state index is 13.5. The summed E-state index contributed by atoms with van der Waals surface area (Å²) < 4.78 is 65.2. The molecule has 8 heteroatoms. The molecule has 3 nitrogen and oxygen atoms in total. The predicted molar refractivity (Wildman–Crippen MR) is 68.6 cm³/mol. The summed E-state index contributed by atoms with van der Waals surface area (Å²) in [5.74, 6) is -5.12. The van der Waals surface area contributed by atoms with Crippen LogP contribution in [0.4, 0.5) is 18.9 Å². The molecular formula is C12H7ClF3NO2S. The topological polar surface area (TPSA) is 46.2 Å². The molecule has 0 saturated carbocycles. The van der Waals surface area contributed by atoms with E-state index in [9.17, 15) is 21.6 Å². The van der Waals surface area contributed by atoms with Gasteiger partial charge in [-0.05, 0) is 24.3 Å². The fourth-order valence-electron chi connectivity index (χ4n) is 1.46. The maximum Gasteiger partial charge on any atom is 0.264 e. The van der Waals surface area contributed by atoms with E-state index in [0.29, 0.717) is 12.1 Å². The molecule has 2 aromatic rings. The van der Waals surface area contributed by atoms with Crippen molar-refractivity contribution in [2.24, 2.45) is 0 Å². The average molecular weight is 322 g/mol. The zero-order valence-electron chi connectivity index (χ0n) is 9.70. The highest BCUT2D eigenvalue weighted by Crippen LogP contribution is 2.26. The number of rotatable bonds is 3. The summed E-state index contributed by atoms with van der Waals surface area (Å²) in [6, 6.07) is 6.99. The zero-order valence-corrected chi connectivity index (χ0v) is 11.3. The Morgan fingerprint density at radius 3 is 2.25 bits per heavy atom. The molecule has 2 rings (SSSR count). The van der Waals surface area contributed by atoms with Crippen molar-refractivity contribution < 1.29 is 21.6 Å². The first kappa shape index (κ1) is 14.7. The van der Waals surface area contributed by atoms with Gasteiger partial charge in [-0.2, -0.15) is 0 Å². The molecule has 0 radical (unpaired) electrons. The lowest BCUT2D eigenvalue weighted by atomic mass is 10.3. The van der Waals surface area contributed by atoms with Gasteiger partial charge >= 0.3 is 0 Å². The van der Waals surface area contributed by atoms with Gasteiger partial charge in [-0.3, -0.25) is 4.72 Å². The van der Waals surface area contributed by atoms with E-state index in [0.717, 1.165) is 0 Å². The van der Waals surface area contributed by atoms with Gasteiger partial charge in [0.1, 0.15) is 4.90 Å². The third kappa shape index (κ3) is 2.73. The summed E-state index contributed by atoms with van der Waals surface area (Å²) in [5.41, 5.74) is -0.00157. The molecule has 0 aliphatic rings. The third-order valence-electron chi connectivity index (χ3n) is 2.41. The minimum atomic E-state index is -4.42. The molecule has 0 bridgehead atoms. The minimum Gasteiger partial charge on any atom is -0.278 e. The SMILES string of the molecule is O=S(=O)(Nc1ccccc1Cl)c1ccc(F)c(F)c1F. The summed E-state index contributed by atoms with van der Waals surface area (Å²) >= 11 is 5.76. The molecular weight excluding hydrogens is 315 g/mol. The van der Waals surface area contributed by atoms with Crippen molar-refractivity contribution in [1.82, 2.24) is 0 Å². The Hall–Kier alpha value is -1.73. The molecule has 0 aliphatic carbocycles. The van der Waals surface area contributed by atoms with Crippen LogP contribution in [0.1, 0.15) is 0 Å². The van der Waals surface area contributed by atoms with Crippen LogP contribution in [0.2, 0.25) is 5.02 Å².